The van der Waals surface area contributed by atoms with Gasteiger partial charge in [0.2, 0.25) is 5.91 Å². The SMILES string of the molecule is O=C1CC2CCc3cccc(c32)N1. The van der Waals surface area contributed by atoms with E-state index in [1.165, 1.54) is 11.1 Å². The maximum absolute atomic E-state index is 11.3. The molecule has 2 heteroatoms. The van der Waals surface area contributed by atoms with Crippen LogP contribution in [0.5, 0.6) is 0 Å². The molecule has 1 aliphatic heterocycles. The van der Waals surface area contributed by atoms with Crippen molar-refractivity contribution in [3.05, 3.63) is 29.3 Å². The molecular weight excluding hydrogens is 162 g/mol. The molecule has 1 heterocycles. The number of carbonyl (C=O) groups is 1. The summed E-state index contributed by atoms with van der Waals surface area (Å²) in [6, 6.07) is 6.21. The highest BCUT2D eigenvalue weighted by molar-refractivity contribution is 5.95. The Morgan fingerprint density at radius 3 is 3.23 bits per heavy atom. The van der Waals surface area contributed by atoms with E-state index in [0.29, 0.717) is 12.3 Å². The molecule has 0 saturated heterocycles. The molecule has 1 atom stereocenters. The van der Waals surface area contributed by atoms with Gasteiger partial charge < -0.3 is 5.32 Å². The predicted molar refractivity (Wildman–Crippen MR) is 50.8 cm³/mol. The van der Waals surface area contributed by atoms with E-state index in [0.717, 1.165) is 18.5 Å². The van der Waals surface area contributed by atoms with Gasteiger partial charge in [-0.05, 0) is 36.0 Å². The number of benzene rings is 1. The van der Waals surface area contributed by atoms with Crippen molar-refractivity contribution in [2.45, 2.75) is 25.2 Å². The van der Waals surface area contributed by atoms with Crippen LogP contribution in [0.25, 0.3) is 0 Å². The first-order valence-corrected chi connectivity index (χ1v) is 4.76. The van der Waals surface area contributed by atoms with Crippen molar-refractivity contribution in [1.29, 1.82) is 0 Å². The van der Waals surface area contributed by atoms with E-state index < -0.39 is 0 Å². The third kappa shape index (κ3) is 0.916. The Hall–Kier alpha value is -1.31. The molecule has 0 bridgehead atoms. The minimum absolute atomic E-state index is 0.177. The molecular formula is C11H11NO. The van der Waals surface area contributed by atoms with Crippen LogP contribution in [0.15, 0.2) is 18.2 Å². The van der Waals surface area contributed by atoms with Crippen LogP contribution >= 0.6 is 0 Å². The minimum Gasteiger partial charge on any atom is -0.326 e. The lowest BCUT2D eigenvalue weighted by molar-refractivity contribution is -0.116. The van der Waals surface area contributed by atoms with Crippen molar-refractivity contribution in [3.8, 4) is 0 Å². The van der Waals surface area contributed by atoms with Crippen LogP contribution in [-0.4, -0.2) is 5.91 Å². The molecule has 0 radical (unpaired) electrons. The predicted octanol–water partition coefficient (Wildman–Crippen LogP) is 2.06. The van der Waals surface area contributed by atoms with Gasteiger partial charge in [0.15, 0.2) is 0 Å². The summed E-state index contributed by atoms with van der Waals surface area (Å²) in [5.74, 6) is 0.677. The molecule has 0 aromatic heterocycles. The van der Waals surface area contributed by atoms with E-state index >= 15 is 0 Å². The van der Waals surface area contributed by atoms with Gasteiger partial charge in [0.25, 0.3) is 0 Å². The van der Waals surface area contributed by atoms with Gasteiger partial charge in [-0.15, -0.1) is 0 Å². The van der Waals surface area contributed by atoms with Crippen molar-refractivity contribution < 1.29 is 4.79 Å². The van der Waals surface area contributed by atoms with Gasteiger partial charge in [-0.2, -0.15) is 0 Å². The Kier molecular flexibility index (Phi) is 1.29. The molecule has 0 saturated carbocycles. The van der Waals surface area contributed by atoms with Crippen LogP contribution in [0.3, 0.4) is 0 Å². The first-order valence-electron chi connectivity index (χ1n) is 4.76. The first-order chi connectivity index (χ1) is 6.34. The summed E-state index contributed by atoms with van der Waals surface area (Å²) < 4.78 is 0. The van der Waals surface area contributed by atoms with Crippen molar-refractivity contribution in [2.75, 3.05) is 5.32 Å². The minimum atomic E-state index is 0.177. The van der Waals surface area contributed by atoms with Crippen molar-refractivity contribution >= 4 is 11.6 Å². The highest BCUT2D eigenvalue weighted by Gasteiger charge is 2.31. The Morgan fingerprint density at radius 1 is 1.38 bits per heavy atom. The second-order valence-corrected chi connectivity index (χ2v) is 3.87. The third-order valence-corrected chi connectivity index (χ3v) is 3.07. The van der Waals surface area contributed by atoms with Gasteiger partial charge in [-0.25, -0.2) is 0 Å². The molecule has 1 aromatic carbocycles. The number of aryl methyl sites for hydroxylation is 1. The van der Waals surface area contributed by atoms with E-state index in [4.69, 9.17) is 0 Å². The summed E-state index contributed by atoms with van der Waals surface area (Å²) in [6.07, 6.45) is 2.98. The summed E-state index contributed by atoms with van der Waals surface area (Å²) >= 11 is 0. The van der Waals surface area contributed by atoms with E-state index in [9.17, 15) is 4.79 Å². The van der Waals surface area contributed by atoms with E-state index in [1.54, 1.807) is 0 Å². The number of carbonyl (C=O) groups excluding carboxylic acids is 1. The van der Waals surface area contributed by atoms with Crippen LogP contribution in [0.1, 0.15) is 29.9 Å². The highest BCUT2D eigenvalue weighted by atomic mass is 16.1. The van der Waals surface area contributed by atoms with Gasteiger partial charge in [0.05, 0.1) is 0 Å². The second kappa shape index (κ2) is 2.34. The first kappa shape index (κ1) is 7.13. The van der Waals surface area contributed by atoms with E-state index in [2.05, 4.69) is 11.4 Å². The molecule has 0 fully saturated rings. The third-order valence-electron chi connectivity index (χ3n) is 3.07. The summed E-state index contributed by atoms with van der Waals surface area (Å²) in [5.41, 5.74) is 3.89. The Labute approximate surface area is 77.0 Å². The summed E-state index contributed by atoms with van der Waals surface area (Å²) in [4.78, 5) is 11.3. The molecule has 3 rings (SSSR count). The molecule has 1 N–H and O–H groups in total. The Bertz CT molecular complexity index is 384. The van der Waals surface area contributed by atoms with Crippen LogP contribution in [0.2, 0.25) is 0 Å². The Morgan fingerprint density at radius 2 is 2.31 bits per heavy atom. The van der Waals surface area contributed by atoms with Crippen molar-refractivity contribution in [3.63, 3.8) is 0 Å². The molecule has 1 unspecified atom stereocenters. The standard InChI is InChI=1S/C11H11NO/c13-10-6-8-5-4-7-2-1-3-9(12-10)11(7)8/h1-3,8H,4-6H2,(H,12,13). The van der Waals surface area contributed by atoms with Gasteiger partial charge in [0, 0.05) is 12.1 Å². The highest BCUT2D eigenvalue weighted by Crippen LogP contribution is 2.42. The fourth-order valence-electron chi connectivity index (χ4n) is 2.53. The lowest BCUT2D eigenvalue weighted by Gasteiger charge is -2.21. The molecule has 0 spiro atoms. The fourth-order valence-corrected chi connectivity index (χ4v) is 2.53. The molecule has 1 aromatic rings. The second-order valence-electron chi connectivity index (χ2n) is 3.87. The maximum Gasteiger partial charge on any atom is 0.224 e. The van der Waals surface area contributed by atoms with Gasteiger partial charge >= 0.3 is 0 Å². The Balaban J connectivity index is 2.22. The molecule has 13 heavy (non-hydrogen) atoms. The molecule has 2 aliphatic rings. The number of amides is 1. The van der Waals surface area contributed by atoms with Crippen LogP contribution in [-0.2, 0) is 11.2 Å². The smallest absolute Gasteiger partial charge is 0.224 e. The monoisotopic (exact) mass is 173 g/mol. The summed E-state index contributed by atoms with van der Waals surface area (Å²) in [5, 5.41) is 2.93. The van der Waals surface area contributed by atoms with Gasteiger partial charge in [0.1, 0.15) is 0 Å². The number of rotatable bonds is 0. The average molecular weight is 173 g/mol. The number of anilines is 1. The molecule has 1 amide bonds. The average Bonchev–Trinajstić information content (AvgIpc) is 2.50. The van der Waals surface area contributed by atoms with E-state index in [-0.39, 0.29) is 5.91 Å². The van der Waals surface area contributed by atoms with Crippen LogP contribution in [0.4, 0.5) is 5.69 Å². The quantitative estimate of drug-likeness (QED) is 0.639. The maximum atomic E-state index is 11.3. The van der Waals surface area contributed by atoms with Gasteiger partial charge in [-0.1, -0.05) is 12.1 Å². The topological polar surface area (TPSA) is 29.1 Å². The number of hydrogen-bond donors (Lipinski definition) is 1. The molecule has 66 valence electrons. The van der Waals surface area contributed by atoms with Crippen LogP contribution < -0.4 is 5.32 Å². The summed E-state index contributed by atoms with van der Waals surface area (Å²) in [7, 11) is 0. The van der Waals surface area contributed by atoms with Gasteiger partial charge in [-0.3, -0.25) is 4.79 Å². The zero-order chi connectivity index (χ0) is 8.84. The zero-order valence-electron chi connectivity index (χ0n) is 7.34. The van der Waals surface area contributed by atoms with Crippen molar-refractivity contribution in [1.82, 2.24) is 0 Å². The molecule has 2 nitrogen and oxygen atoms in total. The van der Waals surface area contributed by atoms with E-state index in [1.807, 2.05) is 12.1 Å². The summed E-state index contributed by atoms with van der Waals surface area (Å²) in [6.45, 7) is 0. The lowest BCUT2D eigenvalue weighted by atomic mass is 9.92. The largest absolute Gasteiger partial charge is 0.326 e. The fraction of sp³-hybridized carbons (Fsp3) is 0.364. The lowest BCUT2D eigenvalue weighted by Crippen LogP contribution is -2.21. The van der Waals surface area contributed by atoms with Crippen LogP contribution in [0, 0.1) is 0 Å². The molecule has 1 aliphatic carbocycles. The number of nitrogens with one attached hydrogen (secondary N) is 1. The normalized spacial score (nSPS) is 24.0. The zero-order valence-corrected chi connectivity index (χ0v) is 7.34. The number of hydrogen-bond acceptors (Lipinski definition) is 1. The van der Waals surface area contributed by atoms with Crippen molar-refractivity contribution in [2.24, 2.45) is 0 Å².